The standard InChI is InChI=1S/C46H23NOS2/c1-3-7-41-29(5-1)35-19-16-32-37(45(35)49-41)20-15-31-27-13-11-25(23-39(27)47-43(31)32)9-10-26-12-14-28-33-17-22-38-34(44(33)48-40(28)24-26)18-21-36-30-6-2-4-8-42(30)50-46(36)38/h1-8,11-24,47H. The Bertz CT molecular complexity index is 3270. The molecule has 0 spiro atoms. The molecule has 0 bridgehead atoms. The summed E-state index contributed by atoms with van der Waals surface area (Å²) in [5, 5.41) is 14.9. The van der Waals surface area contributed by atoms with Crippen molar-refractivity contribution in [1.29, 1.82) is 0 Å². The molecule has 0 fully saturated rings. The van der Waals surface area contributed by atoms with E-state index in [1.165, 1.54) is 72.8 Å². The molecule has 0 aliphatic carbocycles. The van der Waals surface area contributed by atoms with Crippen molar-refractivity contribution in [3.05, 3.63) is 145 Å². The third kappa shape index (κ3) is 3.63. The highest BCUT2D eigenvalue weighted by molar-refractivity contribution is 7.27. The first-order valence-electron chi connectivity index (χ1n) is 16.7. The van der Waals surface area contributed by atoms with Gasteiger partial charge < -0.3 is 9.40 Å². The van der Waals surface area contributed by atoms with Crippen LogP contribution in [-0.4, -0.2) is 4.98 Å². The minimum absolute atomic E-state index is 0.862. The molecule has 4 heteroatoms. The molecular formula is C46H23NOS2. The van der Waals surface area contributed by atoms with Crippen LogP contribution in [0.3, 0.4) is 0 Å². The molecule has 0 aliphatic rings. The molecule has 0 aliphatic heterocycles. The summed E-state index contributed by atoms with van der Waals surface area (Å²) >= 11 is 3.73. The van der Waals surface area contributed by atoms with E-state index < -0.39 is 0 Å². The van der Waals surface area contributed by atoms with Gasteiger partial charge in [0.1, 0.15) is 11.2 Å². The zero-order chi connectivity index (χ0) is 32.5. The van der Waals surface area contributed by atoms with Crippen LogP contribution in [0, 0.1) is 11.8 Å². The molecule has 12 rings (SSSR count). The molecule has 50 heavy (non-hydrogen) atoms. The fraction of sp³-hybridized carbons (Fsp3) is 0. The van der Waals surface area contributed by atoms with Crippen molar-refractivity contribution in [2.45, 2.75) is 0 Å². The highest BCUT2D eigenvalue weighted by Gasteiger charge is 2.16. The van der Waals surface area contributed by atoms with E-state index in [0.29, 0.717) is 0 Å². The van der Waals surface area contributed by atoms with E-state index in [-0.39, 0.29) is 0 Å². The lowest BCUT2D eigenvalue weighted by Crippen LogP contribution is -1.77. The number of thiophene rings is 2. The van der Waals surface area contributed by atoms with Crippen LogP contribution >= 0.6 is 22.7 Å². The lowest BCUT2D eigenvalue weighted by molar-refractivity contribution is 0.672. The summed E-state index contributed by atoms with van der Waals surface area (Å²) in [7, 11) is 0. The van der Waals surface area contributed by atoms with Crippen molar-refractivity contribution >= 4 is 128 Å². The van der Waals surface area contributed by atoms with Gasteiger partial charge in [-0.05, 0) is 54.6 Å². The SMILES string of the molecule is C(#Cc1ccc2c(c1)oc1c2ccc2c1ccc1c3ccccc3sc12)c1ccc2c(c1)[nH]c1c2ccc2c1ccc1c3ccccc3sc12. The van der Waals surface area contributed by atoms with Gasteiger partial charge >= 0.3 is 0 Å². The number of fused-ring (bicyclic) bond motifs is 18. The van der Waals surface area contributed by atoms with Crippen molar-refractivity contribution in [3.63, 3.8) is 0 Å². The molecule has 0 amide bonds. The van der Waals surface area contributed by atoms with Crippen LogP contribution in [0.5, 0.6) is 0 Å². The van der Waals surface area contributed by atoms with Gasteiger partial charge in [0, 0.05) is 100 Å². The van der Waals surface area contributed by atoms with Crippen LogP contribution in [0.25, 0.3) is 106 Å². The number of rotatable bonds is 0. The first-order chi connectivity index (χ1) is 24.7. The van der Waals surface area contributed by atoms with Gasteiger partial charge in [-0.3, -0.25) is 0 Å². The Morgan fingerprint density at radius 1 is 0.420 bits per heavy atom. The predicted octanol–water partition coefficient (Wildman–Crippen LogP) is 13.7. The molecular weight excluding hydrogens is 647 g/mol. The number of nitrogens with one attached hydrogen (secondary N) is 1. The van der Waals surface area contributed by atoms with Gasteiger partial charge in [-0.2, -0.15) is 0 Å². The molecule has 1 N–H and O–H groups in total. The number of aromatic amines is 1. The van der Waals surface area contributed by atoms with Gasteiger partial charge in [0.2, 0.25) is 0 Å². The highest BCUT2D eigenvalue weighted by atomic mass is 32.1. The van der Waals surface area contributed by atoms with Gasteiger partial charge in [0.15, 0.2) is 0 Å². The second-order valence-electron chi connectivity index (χ2n) is 13.1. The molecule has 230 valence electrons. The van der Waals surface area contributed by atoms with Gasteiger partial charge in [-0.25, -0.2) is 0 Å². The molecule has 0 radical (unpaired) electrons. The molecule has 0 saturated carbocycles. The fourth-order valence-electron chi connectivity index (χ4n) is 8.09. The normalized spacial score (nSPS) is 12.2. The molecule has 0 unspecified atom stereocenters. The van der Waals surface area contributed by atoms with Gasteiger partial charge in [0.05, 0.1) is 5.52 Å². The van der Waals surface area contributed by atoms with Crippen molar-refractivity contribution < 1.29 is 4.42 Å². The van der Waals surface area contributed by atoms with E-state index in [1.54, 1.807) is 0 Å². The number of hydrogen-bond donors (Lipinski definition) is 1. The molecule has 8 aromatic carbocycles. The second kappa shape index (κ2) is 9.74. The van der Waals surface area contributed by atoms with E-state index in [1.807, 2.05) is 22.7 Å². The molecule has 0 atom stereocenters. The van der Waals surface area contributed by atoms with Gasteiger partial charge in [-0.1, -0.05) is 90.7 Å². The largest absolute Gasteiger partial charge is 0.455 e. The Morgan fingerprint density at radius 3 is 1.58 bits per heavy atom. The molecule has 4 aromatic heterocycles. The van der Waals surface area contributed by atoms with E-state index in [2.05, 4.69) is 150 Å². The number of aromatic nitrogens is 1. The van der Waals surface area contributed by atoms with E-state index in [0.717, 1.165) is 44.0 Å². The monoisotopic (exact) mass is 669 g/mol. The average Bonchev–Trinajstić information content (AvgIpc) is 3.93. The summed E-state index contributed by atoms with van der Waals surface area (Å²) in [5.74, 6) is 6.84. The van der Waals surface area contributed by atoms with Crippen LogP contribution < -0.4 is 0 Å². The van der Waals surface area contributed by atoms with E-state index in [9.17, 15) is 0 Å². The lowest BCUT2D eigenvalue weighted by atomic mass is 10.0. The fourth-order valence-corrected chi connectivity index (χ4v) is 10.5. The maximum absolute atomic E-state index is 6.58. The topological polar surface area (TPSA) is 28.9 Å². The summed E-state index contributed by atoms with van der Waals surface area (Å²) < 4.78 is 11.9. The number of furan rings is 1. The van der Waals surface area contributed by atoms with Crippen molar-refractivity contribution in [1.82, 2.24) is 4.98 Å². The summed E-state index contributed by atoms with van der Waals surface area (Å²) in [6, 6.07) is 48.2. The maximum atomic E-state index is 6.58. The first-order valence-corrected chi connectivity index (χ1v) is 18.4. The number of hydrogen-bond acceptors (Lipinski definition) is 3. The minimum atomic E-state index is 0.862. The summed E-state index contributed by atoms with van der Waals surface area (Å²) in [6.45, 7) is 0. The molecule has 0 saturated heterocycles. The number of H-pyrrole nitrogens is 1. The zero-order valence-electron chi connectivity index (χ0n) is 26.4. The van der Waals surface area contributed by atoms with Crippen LogP contribution in [-0.2, 0) is 0 Å². The Morgan fingerprint density at radius 2 is 0.900 bits per heavy atom. The Kier molecular flexibility index (Phi) is 5.22. The Labute approximate surface area is 292 Å². The van der Waals surface area contributed by atoms with Crippen molar-refractivity contribution in [2.24, 2.45) is 0 Å². The van der Waals surface area contributed by atoms with Crippen LogP contribution in [0.15, 0.2) is 138 Å². The van der Waals surface area contributed by atoms with E-state index in [4.69, 9.17) is 4.42 Å². The maximum Gasteiger partial charge on any atom is 0.143 e. The summed E-state index contributed by atoms with van der Waals surface area (Å²) in [4.78, 5) is 3.75. The Balaban J connectivity index is 0.943. The third-order valence-electron chi connectivity index (χ3n) is 10.4. The minimum Gasteiger partial charge on any atom is -0.455 e. The van der Waals surface area contributed by atoms with Crippen molar-refractivity contribution in [2.75, 3.05) is 0 Å². The average molecular weight is 670 g/mol. The lowest BCUT2D eigenvalue weighted by Gasteiger charge is -2.02. The second-order valence-corrected chi connectivity index (χ2v) is 15.3. The van der Waals surface area contributed by atoms with E-state index >= 15 is 0 Å². The summed E-state index contributed by atoms with van der Waals surface area (Å²) in [5.41, 5.74) is 5.99. The summed E-state index contributed by atoms with van der Waals surface area (Å²) in [6.07, 6.45) is 0. The highest BCUT2D eigenvalue weighted by Crippen LogP contribution is 2.43. The Hall–Kier alpha value is -6.12. The smallest absolute Gasteiger partial charge is 0.143 e. The van der Waals surface area contributed by atoms with Crippen molar-refractivity contribution in [3.8, 4) is 11.8 Å². The van der Waals surface area contributed by atoms with Crippen LogP contribution in [0.1, 0.15) is 11.1 Å². The third-order valence-corrected chi connectivity index (χ3v) is 12.9. The van der Waals surface area contributed by atoms with Crippen LogP contribution in [0.2, 0.25) is 0 Å². The van der Waals surface area contributed by atoms with Gasteiger partial charge in [0.25, 0.3) is 0 Å². The number of benzene rings is 8. The quantitative estimate of drug-likeness (QED) is 0.160. The predicted molar refractivity (Wildman–Crippen MR) is 216 cm³/mol. The van der Waals surface area contributed by atoms with Crippen LogP contribution in [0.4, 0.5) is 0 Å². The molecule has 2 nitrogen and oxygen atoms in total. The zero-order valence-corrected chi connectivity index (χ0v) is 28.1. The first kappa shape index (κ1) is 26.8. The molecule has 12 aromatic rings. The van der Waals surface area contributed by atoms with Gasteiger partial charge in [-0.15, -0.1) is 22.7 Å². The molecule has 4 heterocycles.